The minimum absolute atomic E-state index is 0. The molecule has 0 radical (unpaired) electrons. The monoisotopic (exact) mass is 232 g/mol. The maximum atomic E-state index is 12.2. The Kier molecular flexibility index (Phi) is 6.32. The Labute approximate surface area is 127 Å². The van der Waals surface area contributed by atoms with Crippen molar-refractivity contribution in [3.63, 3.8) is 0 Å². The number of rotatable bonds is 2. The topological polar surface area (TPSA) is 0 Å². The first-order valence-electron chi connectivity index (χ1n) is 4.99. The normalized spacial score (nSPS) is 26.8. The van der Waals surface area contributed by atoms with E-state index in [1.54, 1.807) is 0 Å². The van der Waals surface area contributed by atoms with Crippen molar-refractivity contribution in [2.75, 3.05) is 0 Å². The largest absolute Gasteiger partial charge is 1.00 e. The van der Waals surface area contributed by atoms with Gasteiger partial charge in [-0.1, -0.05) is 38.9 Å². The molecule has 1 unspecified atom stereocenters. The van der Waals surface area contributed by atoms with Crippen LogP contribution in [0.1, 0.15) is 39.5 Å². The Bertz CT molecular complexity index is 177. The van der Waals surface area contributed by atoms with Crippen LogP contribution in [0.5, 0.6) is 0 Å². The molecule has 0 amide bonds. The molecule has 0 N–H and O–H groups in total. The van der Waals surface area contributed by atoms with Crippen molar-refractivity contribution < 1.29 is 64.3 Å². The first-order valence-corrected chi connectivity index (χ1v) is 4.99. The number of halogens is 3. The Morgan fingerprint density at radius 1 is 1.29 bits per heavy atom. The Morgan fingerprint density at radius 3 is 2.29 bits per heavy atom. The third-order valence-electron chi connectivity index (χ3n) is 2.91. The van der Waals surface area contributed by atoms with Crippen LogP contribution in [0.3, 0.4) is 0 Å². The van der Waals surface area contributed by atoms with Gasteiger partial charge in [-0.2, -0.15) is 0 Å². The minimum Gasteiger partial charge on any atom is -0.449 e. The third-order valence-corrected chi connectivity index (χ3v) is 2.91. The Morgan fingerprint density at radius 2 is 1.86 bits per heavy atom. The van der Waals surface area contributed by atoms with Gasteiger partial charge < -0.3 is 12.9 Å². The molecule has 0 heterocycles. The van der Waals surface area contributed by atoms with E-state index in [9.17, 15) is 12.9 Å². The van der Waals surface area contributed by atoms with Crippen LogP contribution in [-0.2, 0) is 0 Å². The maximum Gasteiger partial charge on any atom is 1.00 e. The van der Waals surface area contributed by atoms with Crippen molar-refractivity contribution in [3.8, 4) is 0 Å². The molecular weight excluding hydrogens is 215 g/mol. The van der Waals surface area contributed by atoms with Gasteiger partial charge in [-0.15, -0.1) is 0 Å². The molecule has 0 saturated heterocycles. The maximum absolute atomic E-state index is 12.2. The molecule has 5 heteroatoms. The zero-order chi connectivity index (χ0) is 10.1. The molecule has 1 rings (SSSR count). The molecule has 1 aliphatic carbocycles. The van der Waals surface area contributed by atoms with E-state index in [-0.39, 0.29) is 62.7 Å². The number of hydrogen-bond acceptors (Lipinski definition) is 0. The van der Waals surface area contributed by atoms with Gasteiger partial charge in [0.2, 0.25) is 0 Å². The molecule has 1 fully saturated rings. The molecular formula is C9H17BF3K. The molecule has 0 bridgehead atoms. The molecule has 1 saturated carbocycles. The van der Waals surface area contributed by atoms with Gasteiger partial charge >= 0.3 is 58.4 Å². The summed E-state index contributed by atoms with van der Waals surface area (Å²) in [6.07, 6.45) is 3.03. The summed E-state index contributed by atoms with van der Waals surface area (Å²) >= 11 is 0. The summed E-state index contributed by atoms with van der Waals surface area (Å²) in [5, 5.41) is 0. The number of hydrogen-bond donors (Lipinski definition) is 0. The molecule has 0 aromatic carbocycles. The van der Waals surface area contributed by atoms with Crippen LogP contribution in [0.15, 0.2) is 0 Å². The van der Waals surface area contributed by atoms with Crippen molar-refractivity contribution in [1.29, 1.82) is 0 Å². The molecule has 0 aromatic rings. The summed E-state index contributed by atoms with van der Waals surface area (Å²) < 4.78 is 36.5. The predicted octanol–water partition coefficient (Wildman–Crippen LogP) is 1.05. The van der Waals surface area contributed by atoms with E-state index in [0.29, 0.717) is 0 Å². The summed E-state index contributed by atoms with van der Waals surface area (Å²) in [7, 11) is 0. The van der Waals surface area contributed by atoms with E-state index in [2.05, 4.69) is 13.8 Å². The van der Waals surface area contributed by atoms with Crippen LogP contribution in [0.25, 0.3) is 0 Å². The molecule has 14 heavy (non-hydrogen) atoms. The molecule has 0 aliphatic heterocycles. The molecule has 0 nitrogen and oxygen atoms in total. The second kappa shape index (κ2) is 5.71. The first-order chi connectivity index (χ1) is 5.79. The van der Waals surface area contributed by atoms with Crippen molar-refractivity contribution in [1.82, 2.24) is 0 Å². The van der Waals surface area contributed by atoms with E-state index in [1.165, 1.54) is 0 Å². The SMILES string of the molecule is CC1(C)CCCC(C[B-](F)(F)F)C1.[K+]. The van der Waals surface area contributed by atoms with Crippen molar-refractivity contribution in [2.24, 2.45) is 11.3 Å². The fourth-order valence-electron chi connectivity index (χ4n) is 2.43. The minimum atomic E-state index is -4.57. The van der Waals surface area contributed by atoms with Gasteiger partial charge in [0.1, 0.15) is 0 Å². The third kappa shape index (κ3) is 6.16. The fraction of sp³-hybridized carbons (Fsp3) is 1.00. The standard InChI is InChI=1S/C9H17BF3.K/c1-9(2)5-3-4-8(6-9)7-10(11,12)13;/h8H,3-7H2,1-2H3;/q-1;+1. The van der Waals surface area contributed by atoms with Gasteiger partial charge in [-0.05, 0) is 18.3 Å². The van der Waals surface area contributed by atoms with Crippen LogP contribution < -0.4 is 51.4 Å². The van der Waals surface area contributed by atoms with Crippen LogP contribution in [-0.4, -0.2) is 6.98 Å². The van der Waals surface area contributed by atoms with Gasteiger partial charge in [0.05, 0.1) is 0 Å². The summed E-state index contributed by atoms with van der Waals surface area (Å²) in [5.74, 6) is -0.108. The van der Waals surface area contributed by atoms with Gasteiger partial charge in [0, 0.05) is 0 Å². The van der Waals surface area contributed by atoms with E-state index in [4.69, 9.17) is 0 Å². The summed E-state index contributed by atoms with van der Waals surface area (Å²) in [6, 6.07) is 0. The van der Waals surface area contributed by atoms with Crippen LogP contribution in [0.4, 0.5) is 12.9 Å². The predicted molar refractivity (Wildman–Crippen MR) is 49.6 cm³/mol. The van der Waals surface area contributed by atoms with Crippen molar-refractivity contribution >= 4 is 6.98 Å². The van der Waals surface area contributed by atoms with E-state index in [1.807, 2.05) is 0 Å². The molecule has 1 aliphatic rings. The molecule has 78 valence electrons. The Hall–Kier alpha value is 1.49. The molecule has 0 spiro atoms. The fourth-order valence-corrected chi connectivity index (χ4v) is 2.43. The van der Waals surface area contributed by atoms with Gasteiger partial charge in [0.25, 0.3) is 0 Å². The van der Waals surface area contributed by atoms with Crippen molar-refractivity contribution in [2.45, 2.75) is 45.9 Å². The van der Waals surface area contributed by atoms with Gasteiger partial charge in [0.15, 0.2) is 0 Å². The summed E-state index contributed by atoms with van der Waals surface area (Å²) in [6.45, 7) is -0.430. The van der Waals surface area contributed by atoms with Crippen LogP contribution in [0.2, 0.25) is 6.32 Å². The zero-order valence-electron chi connectivity index (χ0n) is 9.32. The molecule has 1 atom stereocenters. The average molecular weight is 232 g/mol. The quantitative estimate of drug-likeness (QED) is 0.624. The second-order valence-corrected chi connectivity index (χ2v) is 5.07. The Balaban J connectivity index is 0.00000169. The van der Waals surface area contributed by atoms with Crippen LogP contribution in [0, 0.1) is 11.3 Å². The van der Waals surface area contributed by atoms with Gasteiger partial charge in [-0.25, -0.2) is 0 Å². The second-order valence-electron chi connectivity index (χ2n) is 5.07. The smallest absolute Gasteiger partial charge is 0.449 e. The van der Waals surface area contributed by atoms with Gasteiger partial charge in [-0.3, -0.25) is 0 Å². The van der Waals surface area contributed by atoms with E-state index in [0.717, 1.165) is 25.7 Å². The first kappa shape index (κ1) is 15.5. The van der Waals surface area contributed by atoms with E-state index < -0.39 is 13.3 Å². The van der Waals surface area contributed by atoms with E-state index >= 15 is 0 Å². The summed E-state index contributed by atoms with van der Waals surface area (Å²) in [4.78, 5) is 0. The summed E-state index contributed by atoms with van der Waals surface area (Å²) in [5.41, 5.74) is 0.129. The van der Waals surface area contributed by atoms with Crippen LogP contribution >= 0.6 is 0 Å². The average Bonchev–Trinajstić information content (AvgIpc) is 1.79. The van der Waals surface area contributed by atoms with Crippen molar-refractivity contribution in [3.05, 3.63) is 0 Å². The zero-order valence-corrected chi connectivity index (χ0v) is 12.4. The molecule has 0 aromatic heterocycles.